The van der Waals surface area contributed by atoms with Crippen molar-refractivity contribution in [3.05, 3.63) is 71.8 Å². The fourth-order valence-corrected chi connectivity index (χ4v) is 6.79. The van der Waals surface area contributed by atoms with E-state index in [-0.39, 0.29) is 24.2 Å². The van der Waals surface area contributed by atoms with E-state index in [0.717, 1.165) is 37.1 Å². The van der Waals surface area contributed by atoms with Gasteiger partial charge in [-0.3, -0.25) is 9.59 Å². The standard InChI is InChI=1S/C38H56N4O5/c1-27(2)34(36(45)42-22-18-31(19-23-42)41-20-12-13-21-41)40-35(44)30(24-28-14-8-6-9-15-28)26-33(43)32(25-29-16-10-7-11-17-29)39-37(46)47-38(3,4)5/h6-11,14-17,27,30-34,43H,12-13,18-26H2,1-5H3,(H,39,46)(H,40,44). The van der Waals surface area contributed by atoms with Gasteiger partial charge in [-0.2, -0.15) is 0 Å². The van der Waals surface area contributed by atoms with Gasteiger partial charge in [0.05, 0.1) is 12.1 Å². The van der Waals surface area contributed by atoms with Gasteiger partial charge in [-0.25, -0.2) is 4.79 Å². The molecule has 0 saturated carbocycles. The second-order valence-corrected chi connectivity index (χ2v) is 14.7. The lowest BCUT2D eigenvalue weighted by Gasteiger charge is -2.39. The van der Waals surface area contributed by atoms with E-state index in [1.807, 2.05) is 79.4 Å². The van der Waals surface area contributed by atoms with Crippen LogP contribution in [0.15, 0.2) is 60.7 Å². The number of hydrogen-bond acceptors (Lipinski definition) is 6. The molecule has 4 unspecified atom stereocenters. The minimum Gasteiger partial charge on any atom is -0.444 e. The maximum atomic E-state index is 14.1. The van der Waals surface area contributed by atoms with Gasteiger partial charge in [-0.15, -0.1) is 0 Å². The van der Waals surface area contributed by atoms with Crippen LogP contribution in [0.4, 0.5) is 4.79 Å². The number of ether oxygens (including phenoxy) is 1. The number of rotatable bonds is 13. The van der Waals surface area contributed by atoms with Gasteiger partial charge in [-0.05, 0) is 95.9 Å². The van der Waals surface area contributed by atoms with Crippen molar-refractivity contribution < 1.29 is 24.2 Å². The second-order valence-electron chi connectivity index (χ2n) is 14.7. The predicted molar refractivity (Wildman–Crippen MR) is 185 cm³/mol. The average Bonchev–Trinajstić information content (AvgIpc) is 3.58. The van der Waals surface area contributed by atoms with Gasteiger partial charge in [0.1, 0.15) is 11.6 Å². The lowest BCUT2D eigenvalue weighted by atomic mass is 9.88. The average molecular weight is 649 g/mol. The number of nitrogens with zero attached hydrogens (tertiary/aromatic N) is 2. The van der Waals surface area contributed by atoms with Crippen LogP contribution in [0.5, 0.6) is 0 Å². The van der Waals surface area contributed by atoms with Crippen molar-refractivity contribution in [2.24, 2.45) is 11.8 Å². The minimum atomic E-state index is -1.06. The molecular formula is C38H56N4O5. The van der Waals surface area contributed by atoms with E-state index < -0.39 is 35.8 Å². The van der Waals surface area contributed by atoms with E-state index in [4.69, 9.17) is 4.74 Å². The third kappa shape index (κ3) is 11.4. The summed E-state index contributed by atoms with van der Waals surface area (Å²) in [6, 6.07) is 18.5. The monoisotopic (exact) mass is 648 g/mol. The van der Waals surface area contributed by atoms with Crippen LogP contribution in [0, 0.1) is 11.8 Å². The van der Waals surface area contributed by atoms with Gasteiger partial charge in [0.25, 0.3) is 0 Å². The van der Waals surface area contributed by atoms with Crippen LogP contribution in [0.1, 0.15) is 77.8 Å². The third-order valence-corrected chi connectivity index (χ3v) is 9.35. The topological polar surface area (TPSA) is 111 Å². The van der Waals surface area contributed by atoms with Gasteiger partial charge in [0.15, 0.2) is 0 Å². The van der Waals surface area contributed by atoms with Crippen molar-refractivity contribution in [3.63, 3.8) is 0 Å². The molecule has 2 aromatic carbocycles. The number of hydrogen-bond donors (Lipinski definition) is 3. The van der Waals surface area contributed by atoms with Crippen LogP contribution >= 0.6 is 0 Å². The molecule has 2 aromatic rings. The lowest BCUT2D eigenvalue weighted by Crippen LogP contribution is -2.56. The highest BCUT2D eigenvalue weighted by Gasteiger charge is 2.36. The Morgan fingerprint density at radius 1 is 0.851 bits per heavy atom. The number of aliphatic hydroxyl groups excluding tert-OH is 1. The van der Waals surface area contributed by atoms with Crippen molar-refractivity contribution in [1.82, 2.24) is 20.4 Å². The number of piperidine rings is 1. The smallest absolute Gasteiger partial charge is 0.407 e. The summed E-state index contributed by atoms with van der Waals surface area (Å²) in [5.74, 6) is -1.06. The molecule has 0 spiro atoms. The Morgan fingerprint density at radius 2 is 1.40 bits per heavy atom. The van der Waals surface area contributed by atoms with E-state index in [9.17, 15) is 19.5 Å². The summed E-state index contributed by atoms with van der Waals surface area (Å²) >= 11 is 0. The zero-order chi connectivity index (χ0) is 34.0. The van der Waals surface area contributed by atoms with Gasteiger partial charge in [0.2, 0.25) is 11.8 Å². The van der Waals surface area contributed by atoms with Gasteiger partial charge in [0, 0.05) is 25.0 Å². The van der Waals surface area contributed by atoms with Crippen LogP contribution in [0.3, 0.4) is 0 Å². The predicted octanol–water partition coefficient (Wildman–Crippen LogP) is 4.96. The first kappa shape index (κ1) is 36.4. The Hall–Kier alpha value is -3.43. The summed E-state index contributed by atoms with van der Waals surface area (Å²) in [4.78, 5) is 45.3. The maximum Gasteiger partial charge on any atom is 0.407 e. The van der Waals surface area contributed by atoms with E-state index in [1.54, 1.807) is 20.8 Å². The molecular weight excluding hydrogens is 592 g/mol. The van der Waals surface area contributed by atoms with E-state index in [1.165, 1.54) is 12.8 Å². The van der Waals surface area contributed by atoms with E-state index >= 15 is 0 Å². The van der Waals surface area contributed by atoms with Gasteiger partial charge < -0.3 is 30.3 Å². The normalized spacial score (nSPS) is 18.7. The molecule has 258 valence electrons. The fraction of sp³-hybridized carbons (Fsp3) is 0.605. The Kier molecular flexibility index (Phi) is 13.3. The molecule has 2 saturated heterocycles. The molecule has 2 aliphatic heterocycles. The maximum absolute atomic E-state index is 14.1. The highest BCUT2D eigenvalue weighted by Crippen LogP contribution is 2.24. The number of benzene rings is 2. The van der Waals surface area contributed by atoms with Crippen molar-refractivity contribution in [3.8, 4) is 0 Å². The summed E-state index contributed by atoms with van der Waals surface area (Å²) in [5, 5.41) is 17.6. The molecule has 4 rings (SSSR count). The van der Waals surface area contributed by atoms with Crippen LogP contribution in [-0.4, -0.2) is 88.8 Å². The lowest BCUT2D eigenvalue weighted by molar-refractivity contribution is -0.140. The number of carbonyl (C=O) groups is 3. The molecule has 0 radical (unpaired) electrons. The zero-order valence-corrected chi connectivity index (χ0v) is 29.0. The Morgan fingerprint density at radius 3 is 1.94 bits per heavy atom. The molecule has 2 heterocycles. The quantitative estimate of drug-likeness (QED) is 0.283. The molecule has 4 atom stereocenters. The SMILES string of the molecule is CC(C)C(NC(=O)C(Cc1ccccc1)CC(O)C(Cc1ccccc1)NC(=O)OC(C)(C)C)C(=O)N1CCC(N2CCCC2)CC1. The number of aliphatic hydroxyl groups is 1. The Labute approximate surface area is 281 Å². The molecule has 47 heavy (non-hydrogen) atoms. The Bertz CT molecular complexity index is 1270. The zero-order valence-electron chi connectivity index (χ0n) is 29.0. The van der Waals surface area contributed by atoms with Crippen molar-refractivity contribution in [2.45, 2.75) is 109 Å². The first-order valence-electron chi connectivity index (χ1n) is 17.5. The number of amides is 3. The van der Waals surface area contributed by atoms with Crippen molar-refractivity contribution in [1.29, 1.82) is 0 Å². The fourth-order valence-electron chi connectivity index (χ4n) is 6.79. The summed E-state index contributed by atoms with van der Waals surface area (Å²) in [5.41, 5.74) is 1.19. The number of alkyl carbamates (subject to hydrolysis) is 1. The number of likely N-dealkylation sites (tertiary alicyclic amines) is 2. The van der Waals surface area contributed by atoms with Crippen LogP contribution in [0.2, 0.25) is 0 Å². The summed E-state index contributed by atoms with van der Waals surface area (Å²) in [6.07, 6.45) is 3.58. The summed E-state index contributed by atoms with van der Waals surface area (Å²) in [6.45, 7) is 13.0. The van der Waals surface area contributed by atoms with Crippen LogP contribution < -0.4 is 10.6 Å². The van der Waals surface area contributed by atoms with Crippen LogP contribution in [0.25, 0.3) is 0 Å². The van der Waals surface area contributed by atoms with Crippen molar-refractivity contribution in [2.75, 3.05) is 26.2 Å². The Balaban J connectivity index is 1.48. The van der Waals surface area contributed by atoms with Gasteiger partial charge in [-0.1, -0.05) is 74.5 Å². The molecule has 9 nitrogen and oxygen atoms in total. The molecule has 0 bridgehead atoms. The number of carbonyl (C=O) groups excluding carboxylic acids is 3. The highest BCUT2D eigenvalue weighted by molar-refractivity contribution is 5.89. The van der Waals surface area contributed by atoms with Crippen molar-refractivity contribution >= 4 is 17.9 Å². The third-order valence-electron chi connectivity index (χ3n) is 9.35. The summed E-state index contributed by atoms with van der Waals surface area (Å²) < 4.78 is 5.52. The first-order valence-corrected chi connectivity index (χ1v) is 17.5. The molecule has 2 fully saturated rings. The van der Waals surface area contributed by atoms with Gasteiger partial charge >= 0.3 is 6.09 Å². The largest absolute Gasteiger partial charge is 0.444 e. The molecule has 3 N–H and O–H groups in total. The molecule has 0 aliphatic carbocycles. The molecule has 2 aliphatic rings. The van der Waals surface area contributed by atoms with E-state index in [0.29, 0.717) is 32.0 Å². The minimum absolute atomic E-state index is 0.0409. The van der Waals surface area contributed by atoms with E-state index in [2.05, 4.69) is 15.5 Å². The molecule has 0 aromatic heterocycles. The summed E-state index contributed by atoms with van der Waals surface area (Å²) in [7, 11) is 0. The molecule has 9 heteroatoms. The van der Waals surface area contributed by atoms with Crippen LogP contribution in [-0.2, 0) is 27.2 Å². The number of nitrogens with one attached hydrogen (secondary N) is 2. The highest BCUT2D eigenvalue weighted by atomic mass is 16.6. The first-order chi connectivity index (χ1) is 22.4. The molecule has 3 amide bonds. The second kappa shape index (κ2) is 17.1.